The summed E-state index contributed by atoms with van der Waals surface area (Å²) in [6.07, 6.45) is -1.46. The van der Waals surface area contributed by atoms with Crippen LogP contribution in [-0.2, 0) is 6.18 Å². The molecule has 26 heavy (non-hydrogen) atoms. The topological polar surface area (TPSA) is 54.3 Å². The van der Waals surface area contributed by atoms with Crippen LogP contribution in [0.4, 0.5) is 13.2 Å². The van der Waals surface area contributed by atoms with Crippen molar-refractivity contribution < 1.29 is 22.4 Å². The third-order valence-electron chi connectivity index (χ3n) is 5.01. The summed E-state index contributed by atoms with van der Waals surface area (Å²) < 4.78 is 44.2. The van der Waals surface area contributed by atoms with Gasteiger partial charge in [0.25, 0.3) is 5.91 Å². The van der Waals surface area contributed by atoms with Crippen LogP contribution in [0, 0.1) is 0 Å². The first-order valence-electron chi connectivity index (χ1n) is 8.35. The minimum absolute atomic E-state index is 0.0481. The van der Waals surface area contributed by atoms with Crippen LogP contribution >= 0.6 is 11.6 Å². The van der Waals surface area contributed by atoms with E-state index in [2.05, 4.69) is 10.6 Å². The molecule has 2 fully saturated rings. The third-order valence-corrected chi connectivity index (χ3v) is 5.34. The highest BCUT2D eigenvalue weighted by Gasteiger charge is 2.40. The van der Waals surface area contributed by atoms with Gasteiger partial charge in [-0.3, -0.25) is 4.79 Å². The van der Waals surface area contributed by atoms with Crippen molar-refractivity contribution in [3.05, 3.63) is 46.7 Å². The van der Waals surface area contributed by atoms with Crippen molar-refractivity contribution in [2.24, 2.45) is 0 Å². The van der Waals surface area contributed by atoms with E-state index < -0.39 is 11.7 Å². The molecule has 3 atom stereocenters. The van der Waals surface area contributed by atoms with Crippen LogP contribution in [0.25, 0.3) is 11.3 Å². The monoisotopic (exact) mass is 384 g/mol. The first-order valence-corrected chi connectivity index (χ1v) is 8.73. The summed E-state index contributed by atoms with van der Waals surface area (Å²) >= 11 is 6.01. The number of nitrogens with one attached hydrogen (secondary N) is 2. The molecule has 1 aromatic heterocycles. The van der Waals surface area contributed by atoms with Crippen LogP contribution in [0.5, 0.6) is 0 Å². The fourth-order valence-electron chi connectivity index (χ4n) is 3.72. The molecule has 4 rings (SSSR count). The molecule has 1 amide bonds. The summed E-state index contributed by atoms with van der Waals surface area (Å²) in [5, 5.41) is 6.48. The smallest absolute Gasteiger partial charge is 0.416 e. The average molecular weight is 385 g/mol. The second kappa shape index (κ2) is 6.32. The number of benzene rings is 1. The number of carbonyl (C=O) groups is 1. The van der Waals surface area contributed by atoms with Crippen molar-refractivity contribution in [1.82, 2.24) is 10.6 Å². The normalized spacial score (nSPS) is 24.8. The molecular formula is C18H16ClF3N2O2. The Kier molecular flexibility index (Phi) is 4.23. The van der Waals surface area contributed by atoms with E-state index >= 15 is 0 Å². The van der Waals surface area contributed by atoms with Gasteiger partial charge in [0.15, 0.2) is 5.76 Å². The zero-order valence-electron chi connectivity index (χ0n) is 13.6. The Bertz CT molecular complexity index is 849. The van der Waals surface area contributed by atoms with E-state index in [0.29, 0.717) is 6.04 Å². The molecule has 2 aliphatic rings. The van der Waals surface area contributed by atoms with Crippen molar-refractivity contribution in [3.63, 3.8) is 0 Å². The van der Waals surface area contributed by atoms with Crippen LogP contribution in [0.1, 0.15) is 35.4 Å². The third kappa shape index (κ3) is 3.21. The number of halogens is 4. The van der Waals surface area contributed by atoms with Crippen molar-refractivity contribution in [1.29, 1.82) is 0 Å². The molecule has 1 aromatic carbocycles. The molecule has 4 nitrogen and oxygen atoms in total. The SMILES string of the molecule is O=C(NC1CC2CCC1N2)c1ccc(-c2cc(C(F)(F)F)ccc2Cl)o1. The van der Waals surface area contributed by atoms with Gasteiger partial charge in [0.2, 0.25) is 0 Å². The lowest BCUT2D eigenvalue weighted by Crippen LogP contribution is -2.42. The van der Waals surface area contributed by atoms with Crippen molar-refractivity contribution in [3.8, 4) is 11.3 Å². The summed E-state index contributed by atoms with van der Waals surface area (Å²) in [4.78, 5) is 12.4. The lowest BCUT2D eigenvalue weighted by molar-refractivity contribution is -0.137. The van der Waals surface area contributed by atoms with E-state index in [9.17, 15) is 18.0 Å². The molecule has 0 radical (unpaired) electrons. The Morgan fingerprint density at radius 2 is 2.04 bits per heavy atom. The predicted molar refractivity (Wildman–Crippen MR) is 90.0 cm³/mol. The molecule has 2 aromatic rings. The molecule has 0 saturated carbocycles. The number of carbonyl (C=O) groups excluding carboxylic acids is 1. The van der Waals surface area contributed by atoms with Gasteiger partial charge in [-0.25, -0.2) is 0 Å². The minimum atomic E-state index is -4.49. The van der Waals surface area contributed by atoms with Gasteiger partial charge in [0.1, 0.15) is 5.76 Å². The van der Waals surface area contributed by atoms with Crippen LogP contribution in [0.3, 0.4) is 0 Å². The zero-order chi connectivity index (χ0) is 18.5. The molecule has 8 heteroatoms. The molecule has 2 saturated heterocycles. The van der Waals surface area contributed by atoms with E-state index in [4.69, 9.17) is 16.0 Å². The molecule has 2 N–H and O–H groups in total. The van der Waals surface area contributed by atoms with Gasteiger partial charge in [0.05, 0.1) is 10.6 Å². The number of hydrogen-bond acceptors (Lipinski definition) is 3. The Morgan fingerprint density at radius 1 is 1.23 bits per heavy atom. The van der Waals surface area contributed by atoms with Crippen LogP contribution in [-0.4, -0.2) is 24.0 Å². The minimum Gasteiger partial charge on any atom is -0.451 e. The zero-order valence-corrected chi connectivity index (χ0v) is 14.3. The van der Waals surface area contributed by atoms with Gasteiger partial charge in [0, 0.05) is 23.7 Å². The summed E-state index contributed by atoms with van der Waals surface area (Å²) in [7, 11) is 0. The highest BCUT2D eigenvalue weighted by atomic mass is 35.5. The fraction of sp³-hybridized carbons (Fsp3) is 0.389. The maximum absolute atomic E-state index is 12.9. The van der Waals surface area contributed by atoms with E-state index in [0.717, 1.165) is 31.4 Å². The number of amides is 1. The van der Waals surface area contributed by atoms with Gasteiger partial charge < -0.3 is 15.1 Å². The molecule has 0 aliphatic carbocycles. The van der Waals surface area contributed by atoms with Crippen LogP contribution < -0.4 is 10.6 Å². The number of hydrogen-bond donors (Lipinski definition) is 2. The molecule has 138 valence electrons. The average Bonchev–Trinajstić information content (AvgIpc) is 3.30. The lowest BCUT2D eigenvalue weighted by atomic mass is 9.95. The van der Waals surface area contributed by atoms with Gasteiger partial charge in [-0.05, 0) is 49.6 Å². The first-order chi connectivity index (χ1) is 12.3. The molecule has 0 spiro atoms. The number of alkyl halides is 3. The van der Waals surface area contributed by atoms with Crippen LogP contribution in [0.2, 0.25) is 5.02 Å². The molecule has 3 heterocycles. The summed E-state index contributed by atoms with van der Waals surface area (Å²) in [5.74, 6) is -0.202. The van der Waals surface area contributed by atoms with Gasteiger partial charge in [-0.15, -0.1) is 0 Å². The highest BCUT2D eigenvalue weighted by Crippen LogP contribution is 2.36. The number of fused-ring (bicyclic) bond motifs is 2. The molecule has 2 bridgehead atoms. The Morgan fingerprint density at radius 3 is 2.69 bits per heavy atom. The second-order valence-corrected chi connectivity index (χ2v) is 7.13. The Balaban J connectivity index is 1.53. The van der Waals surface area contributed by atoms with E-state index in [-0.39, 0.29) is 40.1 Å². The maximum Gasteiger partial charge on any atom is 0.416 e. The highest BCUT2D eigenvalue weighted by molar-refractivity contribution is 6.33. The number of rotatable bonds is 3. The summed E-state index contributed by atoms with van der Waals surface area (Å²) in [6, 6.07) is 6.66. The standard InChI is InChI=1S/C18H16ClF3N2O2/c19-12-3-1-9(18(20,21)22)7-11(12)15-5-6-16(26-15)17(25)24-14-8-10-2-4-13(14)23-10/h1,3,5-7,10,13-14,23H,2,4,8H2,(H,24,25). The first kappa shape index (κ1) is 17.4. The van der Waals surface area contributed by atoms with E-state index in [1.165, 1.54) is 18.2 Å². The van der Waals surface area contributed by atoms with E-state index in [1.807, 2.05) is 0 Å². The Hall–Kier alpha value is -1.99. The van der Waals surface area contributed by atoms with Crippen molar-refractivity contribution in [2.45, 2.75) is 43.6 Å². The molecule has 3 unspecified atom stereocenters. The van der Waals surface area contributed by atoms with Gasteiger partial charge in [-0.1, -0.05) is 11.6 Å². The van der Waals surface area contributed by atoms with E-state index in [1.54, 1.807) is 0 Å². The lowest BCUT2D eigenvalue weighted by Gasteiger charge is -2.20. The Labute approximate surface area is 152 Å². The van der Waals surface area contributed by atoms with Gasteiger partial charge >= 0.3 is 6.18 Å². The maximum atomic E-state index is 12.9. The summed E-state index contributed by atoms with van der Waals surface area (Å²) in [5.41, 5.74) is -0.727. The molecular weight excluding hydrogens is 369 g/mol. The largest absolute Gasteiger partial charge is 0.451 e. The number of furan rings is 1. The predicted octanol–water partition coefficient (Wildman–Crippen LogP) is 4.24. The molecule has 2 aliphatic heterocycles. The van der Waals surface area contributed by atoms with Crippen molar-refractivity contribution >= 4 is 17.5 Å². The fourth-order valence-corrected chi connectivity index (χ4v) is 3.93. The summed E-state index contributed by atoms with van der Waals surface area (Å²) in [6.45, 7) is 0. The van der Waals surface area contributed by atoms with Crippen LogP contribution in [0.15, 0.2) is 34.7 Å². The quantitative estimate of drug-likeness (QED) is 0.832. The second-order valence-electron chi connectivity index (χ2n) is 6.72. The van der Waals surface area contributed by atoms with Gasteiger partial charge in [-0.2, -0.15) is 13.2 Å². The van der Waals surface area contributed by atoms with Crippen molar-refractivity contribution in [2.75, 3.05) is 0 Å².